The van der Waals surface area contributed by atoms with Gasteiger partial charge in [-0.2, -0.15) is 5.10 Å². The molecule has 0 aromatic heterocycles. The Morgan fingerprint density at radius 1 is 1.07 bits per heavy atom. The summed E-state index contributed by atoms with van der Waals surface area (Å²) in [4.78, 5) is 22.3. The zero-order chi connectivity index (χ0) is 21.5. The van der Waals surface area contributed by atoms with Gasteiger partial charge in [-0.15, -0.1) is 0 Å². The van der Waals surface area contributed by atoms with Crippen molar-refractivity contribution in [3.8, 4) is 5.75 Å². The van der Waals surface area contributed by atoms with Gasteiger partial charge in [0, 0.05) is 17.7 Å². The van der Waals surface area contributed by atoms with Crippen LogP contribution in [-0.4, -0.2) is 17.0 Å². The number of non-ortho nitro benzene ring substituents is 1. The second-order valence-corrected chi connectivity index (χ2v) is 6.91. The van der Waals surface area contributed by atoms with Crippen molar-refractivity contribution in [2.45, 2.75) is 6.61 Å². The van der Waals surface area contributed by atoms with E-state index in [1.807, 2.05) is 30.3 Å². The molecule has 0 heterocycles. The van der Waals surface area contributed by atoms with Crippen LogP contribution in [0.3, 0.4) is 0 Å². The number of hydrazone groups is 1. The zero-order valence-corrected chi connectivity index (χ0v) is 16.9. The molecule has 0 bridgehead atoms. The molecule has 30 heavy (non-hydrogen) atoms. The van der Waals surface area contributed by atoms with Gasteiger partial charge in [0.1, 0.15) is 6.61 Å². The number of carbonyl (C=O) groups is 1. The van der Waals surface area contributed by atoms with Gasteiger partial charge in [0.05, 0.1) is 21.2 Å². The molecule has 0 spiro atoms. The number of amides is 1. The molecular weight excluding hydrogens is 429 g/mol. The average molecular weight is 444 g/mol. The van der Waals surface area contributed by atoms with Crippen LogP contribution < -0.4 is 10.2 Å². The molecule has 152 valence electrons. The number of ether oxygens (including phenoxy) is 1. The molecule has 1 N–H and O–H groups in total. The molecule has 3 aromatic carbocycles. The number of nitrogens with zero attached hydrogens (tertiary/aromatic N) is 2. The first-order chi connectivity index (χ1) is 14.4. The Bertz CT molecular complexity index is 1080. The van der Waals surface area contributed by atoms with E-state index in [1.165, 1.54) is 24.4 Å². The molecule has 7 nitrogen and oxygen atoms in total. The number of hydrogen-bond donors (Lipinski definition) is 1. The van der Waals surface area contributed by atoms with Gasteiger partial charge in [0.15, 0.2) is 5.75 Å². The maximum atomic E-state index is 12.1. The second-order valence-electron chi connectivity index (χ2n) is 6.09. The van der Waals surface area contributed by atoms with Crippen LogP contribution in [0.1, 0.15) is 21.5 Å². The SMILES string of the molecule is O=C(N/N=C\c1cc(Cl)c(OCc2ccccc2)c(Cl)c1)c1cccc([N+](=O)[O-])c1. The molecule has 0 saturated carbocycles. The normalized spacial score (nSPS) is 10.7. The fourth-order valence-electron chi connectivity index (χ4n) is 2.51. The van der Waals surface area contributed by atoms with E-state index in [-0.39, 0.29) is 11.3 Å². The molecular formula is C21H15Cl2N3O4. The van der Waals surface area contributed by atoms with Crippen LogP contribution in [0, 0.1) is 10.1 Å². The van der Waals surface area contributed by atoms with E-state index < -0.39 is 10.8 Å². The van der Waals surface area contributed by atoms with E-state index in [1.54, 1.807) is 12.1 Å². The Morgan fingerprint density at radius 2 is 1.77 bits per heavy atom. The minimum Gasteiger partial charge on any atom is -0.486 e. The third-order valence-corrected chi connectivity index (χ3v) is 4.51. The topological polar surface area (TPSA) is 93.8 Å². The summed E-state index contributed by atoms with van der Waals surface area (Å²) in [5, 5.41) is 15.2. The summed E-state index contributed by atoms with van der Waals surface area (Å²) in [6.45, 7) is 0.312. The first-order valence-corrected chi connectivity index (χ1v) is 9.43. The molecule has 0 saturated heterocycles. The molecule has 0 atom stereocenters. The molecule has 9 heteroatoms. The summed E-state index contributed by atoms with van der Waals surface area (Å²) >= 11 is 12.5. The van der Waals surface area contributed by atoms with E-state index in [0.717, 1.165) is 11.6 Å². The van der Waals surface area contributed by atoms with Crippen molar-refractivity contribution < 1.29 is 14.5 Å². The number of halogens is 2. The highest BCUT2D eigenvalue weighted by molar-refractivity contribution is 6.37. The van der Waals surface area contributed by atoms with Crippen molar-refractivity contribution in [1.82, 2.24) is 5.43 Å². The second kappa shape index (κ2) is 9.87. The Morgan fingerprint density at radius 3 is 2.43 bits per heavy atom. The van der Waals surface area contributed by atoms with E-state index in [2.05, 4.69) is 10.5 Å². The summed E-state index contributed by atoms with van der Waals surface area (Å²) in [6.07, 6.45) is 1.36. The van der Waals surface area contributed by atoms with Gasteiger partial charge in [-0.1, -0.05) is 59.6 Å². The first kappa shape index (κ1) is 21.3. The standard InChI is InChI=1S/C21H15Cl2N3O4/c22-18-9-15(10-19(23)20(18)30-13-14-5-2-1-3-6-14)12-24-25-21(27)16-7-4-8-17(11-16)26(28)29/h1-12H,13H2,(H,25,27)/b24-12-. The quantitative estimate of drug-likeness (QED) is 0.306. The third kappa shape index (κ3) is 5.56. The highest BCUT2D eigenvalue weighted by Gasteiger charge is 2.12. The van der Waals surface area contributed by atoms with Gasteiger partial charge < -0.3 is 4.74 Å². The van der Waals surface area contributed by atoms with Crippen LogP contribution in [0.5, 0.6) is 5.75 Å². The molecule has 0 aliphatic rings. The maximum absolute atomic E-state index is 12.1. The zero-order valence-electron chi connectivity index (χ0n) is 15.4. The molecule has 0 fully saturated rings. The van der Waals surface area contributed by atoms with Crippen LogP contribution in [0.4, 0.5) is 5.69 Å². The van der Waals surface area contributed by atoms with E-state index in [9.17, 15) is 14.9 Å². The fraction of sp³-hybridized carbons (Fsp3) is 0.0476. The number of nitro groups is 1. The maximum Gasteiger partial charge on any atom is 0.271 e. The summed E-state index contributed by atoms with van der Waals surface area (Å²) in [6, 6.07) is 18.1. The minimum absolute atomic E-state index is 0.113. The van der Waals surface area contributed by atoms with Gasteiger partial charge in [0.2, 0.25) is 0 Å². The summed E-state index contributed by atoms with van der Waals surface area (Å²) in [5.41, 5.74) is 3.74. The van der Waals surface area contributed by atoms with Crippen LogP contribution in [0.25, 0.3) is 0 Å². The smallest absolute Gasteiger partial charge is 0.271 e. The fourth-order valence-corrected chi connectivity index (χ4v) is 3.13. The Balaban J connectivity index is 1.65. The summed E-state index contributed by atoms with van der Waals surface area (Å²) in [7, 11) is 0. The molecule has 3 rings (SSSR count). The predicted octanol–water partition coefficient (Wildman–Crippen LogP) is 5.24. The van der Waals surface area contributed by atoms with Crippen LogP contribution in [-0.2, 0) is 6.61 Å². The van der Waals surface area contributed by atoms with Gasteiger partial charge >= 0.3 is 0 Å². The number of nitro benzene ring substituents is 1. The van der Waals surface area contributed by atoms with Gasteiger partial charge in [0.25, 0.3) is 11.6 Å². The van der Waals surface area contributed by atoms with Crippen molar-refractivity contribution in [2.24, 2.45) is 5.10 Å². The molecule has 1 amide bonds. The highest BCUT2D eigenvalue weighted by atomic mass is 35.5. The van der Waals surface area contributed by atoms with Crippen molar-refractivity contribution in [1.29, 1.82) is 0 Å². The van der Waals surface area contributed by atoms with Crippen molar-refractivity contribution in [3.05, 3.63) is 104 Å². The first-order valence-electron chi connectivity index (χ1n) is 8.67. The minimum atomic E-state index is -0.588. The molecule has 3 aromatic rings. The number of hydrogen-bond acceptors (Lipinski definition) is 5. The lowest BCUT2D eigenvalue weighted by atomic mass is 10.2. The number of rotatable bonds is 7. The van der Waals surface area contributed by atoms with Gasteiger partial charge in [-0.3, -0.25) is 14.9 Å². The van der Waals surface area contributed by atoms with Crippen LogP contribution in [0.15, 0.2) is 71.8 Å². The highest BCUT2D eigenvalue weighted by Crippen LogP contribution is 2.34. The lowest BCUT2D eigenvalue weighted by molar-refractivity contribution is -0.384. The molecule has 0 unspecified atom stereocenters. The molecule has 0 radical (unpaired) electrons. The molecule has 0 aliphatic carbocycles. The van der Waals surface area contributed by atoms with Crippen LogP contribution in [0.2, 0.25) is 10.0 Å². The van der Waals surface area contributed by atoms with Crippen LogP contribution >= 0.6 is 23.2 Å². The lowest BCUT2D eigenvalue weighted by Crippen LogP contribution is -2.17. The molecule has 0 aliphatic heterocycles. The van der Waals surface area contributed by atoms with Crippen molar-refractivity contribution in [3.63, 3.8) is 0 Å². The van der Waals surface area contributed by atoms with E-state index >= 15 is 0 Å². The Hall–Kier alpha value is -3.42. The van der Waals surface area contributed by atoms with Crippen molar-refractivity contribution >= 4 is 41.0 Å². The third-order valence-electron chi connectivity index (χ3n) is 3.95. The van der Waals surface area contributed by atoms with Gasteiger partial charge in [-0.25, -0.2) is 5.43 Å². The Kier molecular flexibility index (Phi) is 7.00. The van der Waals surface area contributed by atoms with Gasteiger partial charge in [-0.05, 0) is 29.3 Å². The van der Waals surface area contributed by atoms with E-state index in [4.69, 9.17) is 27.9 Å². The Labute approximate surface area is 182 Å². The monoisotopic (exact) mass is 443 g/mol. The van der Waals surface area contributed by atoms with Crippen molar-refractivity contribution in [2.75, 3.05) is 0 Å². The predicted molar refractivity (Wildman–Crippen MR) is 115 cm³/mol. The largest absolute Gasteiger partial charge is 0.486 e. The number of carbonyl (C=O) groups excluding carboxylic acids is 1. The number of benzene rings is 3. The number of nitrogens with one attached hydrogen (secondary N) is 1. The summed E-state index contributed by atoms with van der Waals surface area (Å²) < 4.78 is 5.71. The summed E-state index contributed by atoms with van der Waals surface area (Å²) in [5.74, 6) is -0.241. The lowest BCUT2D eigenvalue weighted by Gasteiger charge is -2.11. The van der Waals surface area contributed by atoms with E-state index in [0.29, 0.717) is 28.0 Å². The average Bonchev–Trinajstić information content (AvgIpc) is 2.74.